The molecule has 0 atom stereocenters. The fourth-order valence-corrected chi connectivity index (χ4v) is 16.3. The van der Waals surface area contributed by atoms with Gasteiger partial charge in [0.05, 0.1) is 14.7 Å². The van der Waals surface area contributed by atoms with E-state index in [0.29, 0.717) is 53.2 Å². The Hall–Kier alpha value is -2.61. The van der Waals surface area contributed by atoms with Crippen LogP contribution in [0.4, 0.5) is 0 Å². The molecular formula is C57H93N3O6S3. The van der Waals surface area contributed by atoms with Gasteiger partial charge in [0.2, 0.25) is 30.1 Å². The van der Waals surface area contributed by atoms with Gasteiger partial charge in [0.25, 0.3) is 0 Å². The molecule has 390 valence electrons. The van der Waals surface area contributed by atoms with Gasteiger partial charge < -0.3 is 0 Å². The highest BCUT2D eigenvalue weighted by atomic mass is 32.2. The zero-order valence-corrected chi connectivity index (χ0v) is 48.6. The third-order valence-corrected chi connectivity index (χ3v) is 20.3. The van der Waals surface area contributed by atoms with E-state index in [4.69, 9.17) is 0 Å². The molecule has 69 heavy (non-hydrogen) atoms. The molecule has 0 aromatic heterocycles. The summed E-state index contributed by atoms with van der Waals surface area (Å²) in [6, 6.07) is 12.4. The van der Waals surface area contributed by atoms with Crippen LogP contribution in [0.5, 0.6) is 0 Å². The summed E-state index contributed by atoms with van der Waals surface area (Å²) in [6.07, 6.45) is 2.79. The summed E-state index contributed by atoms with van der Waals surface area (Å²) in [4.78, 5) is 1.13. The zero-order valence-electron chi connectivity index (χ0n) is 46.2. The van der Waals surface area contributed by atoms with Crippen LogP contribution < -0.4 is 0 Å². The number of sulfonamides is 3. The van der Waals surface area contributed by atoms with Crippen molar-refractivity contribution < 1.29 is 25.3 Å². The van der Waals surface area contributed by atoms with Gasteiger partial charge >= 0.3 is 0 Å². The predicted octanol–water partition coefficient (Wildman–Crippen LogP) is 14.5. The number of benzene rings is 3. The second-order valence-corrected chi connectivity index (χ2v) is 28.4. The molecule has 0 spiro atoms. The van der Waals surface area contributed by atoms with Gasteiger partial charge in [0, 0.05) is 39.3 Å². The van der Waals surface area contributed by atoms with Crippen LogP contribution in [-0.2, 0) is 30.1 Å². The molecule has 3 aromatic rings. The van der Waals surface area contributed by atoms with Gasteiger partial charge in [-0.15, -0.1) is 0 Å². The van der Waals surface area contributed by atoms with Gasteiger partial charge in [-0.05, 0) is 142 Å². The van der Waals surface area contributed by atoms with Gasteiger partial charge in [-0.2, -0.15) is 12.9 Å². The average molecular weight is 1010 g/mol. The lowest BCUT2D eigenvalue weighted by Gasteiger charge is -2.29. The van der Waals surface area contributed by atoms with Crippen molar-refractivity contribution in [2.24, 2.45) is 0 Å². The molecule has 0 N–H and O–H groups in total. The van der Waals surface area contributed by atoms with Crippen molar-refractivity contribution in [1.82, 2.24) is 12.9 Å². The summed E-state index contributed by atoms with van der Waals surface area (Å²) in [5, 5.41) is 0. The van der Waals surface area contributed by atoms with E-state index in [0.717, 1.165) is 50.1 Å². The fraction of sp³-hybridized carbons (Fsp3) is 0.684. The van der Waals surface area contributed by atoms with E-state index >= 15 is 25.3 Å². The van der Waals surface area contributed by atoms with Crippen LogP contribution >= 0.6 is 0 Å². The van der Waals surface area contributed by atoms with Crippen LogP contribution in [-0.4, -0.2) is 77.4 Å². The van der Waals surface area contributed by atoms with Crippen LogP contribution in [0.3, 0.4) is 0 Å². The van der Waals surface area contributed by atoms with Gasteiger partial charge in [-0.3, -0.25) is 0 Å². The summed E-state index contributed by atoms with van der Waals surface area (Å²) in [7, 11) is -12.2. The molecule has 0 aliphatic carbocycles. The molecule has 3 aromatic carbocycles. The Balaban J connectivity index is 1.93. The third kappa shape index (κ3) is 13.7. The van der Waals surface area contributed by atoms with E-state index in [9.17, 15) is 0 Å². The van der Waals surface area contributed by atoms with Crippen molar-refractivity contribution in [1.29, 1.82) is 0 Å². The maximum Gasteiger partial charge on any atom is 0.243 e. The maximum atomic E-state index is 15.4. The van der Waals surface area contributed by atoms with Crippen molar-refractivity contribution in [3.63, 3.8) is 0 Å². The Morgan fingerprint density at radius 3 is 0.536 bits per heavy atom. The molecule has 1 aliphatic heterocycles. The van der Waals surface area contributed by atoms with E-state index in [1.165, 1.54) is 0 Å². The second-order valence-electron chi connectivity index (χ2n) is 22.8. The van der Waals surface area contributed by atoms with Crippen molar-refractivity contribution >= 4 is 30.1 Å². The van der Waals surface area contributed by atoms with E-state index in [2.05, 4.69) is 161 Å². The normalized spacial score (nSPS) is 16.9. The first kappa shape index (κ1) is 59.0. The molecule has 4 rings (SSSR count). The van der Waals surface area contributed by atoms with E-state index in [-0.39, 0.29) is 92.5 Å². The van der Waals surface area contributed by atoms with E-state index in [1.807, 2.05) is 0 Å². The highest BCUT2D eigenvalue weighted by Crippen LogP contribution is 2.40. The summed E-state index contributed by atoms with van der Waals surface area (Å²) in [6.45, 7) is 38.7. The minimum Gasteiger partial charge on any atom is -0.207 e. The first-order valence-electron chi connectivity index (χ1n) is 26.5. The summed E-state index contributed by atoms with van der Waals surface area (Å²) < 4.78 is 97.2. The van der Waals surface area contributed by atoms with Crippen LogP contribution in [0.25, 0.3) is 0 Å². The van der Waals surface area contributed by atoms with Gasteiger partial charge in [0.15, 0.2) is 0 Å². The topological polar surface area (TPSA) is 112 Å². The number of hydrogen-bond donors (Lipinski definition) is 0. The summed E-state index contributed by atoms with van der Waals surface area (Å²) >= 11 is 0. The van der Waals surface area contributed by atoms with Gasteiger partial charge in [-0.1, -0.05) is 161 Å². The Bertz CT molecular complexity index is 2150. The first-order valence-corrected chi connectivity index (χ1v) is 30.8. The minimum atomic E-state index is -4.05. The largest absolute Gasteiger partial charge is 0.243 e. The fourth-order valence-electron chi connectivity index (χ4n) is 9.74. The Morgan fingerprint density at radius 2 is 0.420 bits per heavy atom. The molecule has 1 saturated heterocycles. The van der Waals surface area contributed by atoms with Crippen LogP contribution in [0.1, 0.15) is 266 Å². The first-order chi connectivity index (χ1) is 32.0. The predicted molar refractivity (Wildman–Crippen MR) is 290 cm³/mol. The molecule has 1 heterocycles. The number of hydrogen-bond acceptors (Lipinski definition) is 6. The van der Waals surface area contributed by atoms with E-state index < -0.39 is 30.1 Å². The second kappa shape index (κ2) is 24.4. The molecular weight excluding hydrogens is 919 g/mol. The molecule has 1 aliphatic rings. The van der Waals surface area contributed by atoms with Gasteiger partial charge in [0.1, 0.15) is 0 Å². The standard InChI is InChI=1S/C57H93N3O6S3/c1-37(2)46-31-49(40(7)8)55(50(32-46)41(9)10)67(61,62)58-25-19-21-27-59(68(63,64)56-51(42(11)12)33-47(38(3)4)34-52(56)43(13)14)29-23-24-30-60(28-22-20-26-58)69(65,66)57-53(44(15)16)35-48(39(5)6)36-54(57)45(17)18/h31-45H,19-30H2,1-18H3. The van der Waals surface area contributed by atoms with E-state index in [1.54, 1.807) is 12.9 Å². The van der Waals surface area contributed by atoms with Crippen LogP contribution in [0.2, 0.25) is 0 Å². The highest BCUT2D eigenvalue weighted by molar-refractivity contribution is 7.89. The SMILES string of the molecule is CC(C)c1cc(C(C)C)c(S(=O)(=O)N2CCCCN(S(=O)(=O)c3c(C(C)C)cc(C(C)C)cc3C(C)C)CCCCN(S(=O)(=O)c3c(C(C)C)cc(C(C)C)cc3C(C)C)CCCC2)c(C(C)C)c1. The molecule has 0 bridgehead atoms. The molecule has 9 nitrogen and oxygen atoms in total. The third-order valence-electron chi connectivity index (χ3n) is 14.2. The molecule has 0 amide bonds. The molecule has 0 saturated carbocycles. The summed E-state index contributed by atoms with van der Waals surface area (Å²) in [5.74, 6) is 0.375. The summed E-state index contributed by atoms with van der Waals surface area (Å²) in [5.41, 5.74) is 8.20. The van der Waals surface area contributed by atoms with Gasteiger partial charge in [-0.25, -0.2) is 25.3 Å². The van der Waals surface area contributed by atoms with Crippen molar-refractivity contribution in [2.75, 3.05) is 39.3 Å². The molecule has 1 fully saturated rings. The lowest BCUT2D eigenvalue weighted by Crippen LogP contribution is -2.36. The lowest BCUT2D eigenvalue weighted by molar-refractivity contribution is 0.361. The molecule has 0 unspecified atom stereocenters. The molecule has 12 heteroatoms. The minimum absolute atomic E-state index is 0.0471. The highest BCUT2D eigenvalue weighted by Gasteiger charge is 2.36. The number of rotatable bonds is 15. The monoisotopic (exact) mass is 1010 g/mol. The Kier molecular flexibility index (Phi) is 20.9. The van der Waals surface area contributed by atoms with Crippen LogP contribution in [0, 0.1) is 0 Å². The smallest absolute Gasteiger partial charge is 0.207 e. The Labute approximate surface area is 422 Å². The maximum absolute atomic E-state index is 15.4. The Morgan fingerprint density at radius 1 is 0.275 bits per heavy atom. The number of nitrogens with zero attached hydrogens (tertiary/aromatic N) is 3. The lowest BCUT2D eigenvalue weighted by atomic mass is 9.89. The van der Waals surface area contributed by atoms with Crippen molar-refractivity contribution in [3.05, 3.63) is 86.5 Å². The van der Waals surface area contributed by atoms with Crippen LogP contribution in [0.15, 0.2) is 51.1 Å². The quantitative estimate of drug-likeness (QED) is 0.150. The average Bonchev–Trinajstić information content (AvgIpc) is 3.26. The molecule has 0 radical (unpaired) electrons. The zero-order chi connectivity index (χ0) is 52.1. The van der Waals surface area contributed by atoms with Crippen molar-refractivity contribution in [3.8, 4) is 0 Å². The van der Waals surface area contributed by atoms with Crippen molar-refractivity contribution in [2.45, 2.75) is 231 Å².